The molecule has 4 saturated carbocycles. The molecule has 4 fully saturated rings. The number of carbonyl (C=O) groups is 6. The average Bonchev–Trinajstić information content (AvgIpc) is 4.06. The molecule has 2 aromatic heterocycles. The van der Waals surface area contributed by atoms with Crippen molar-refractivity contribution in [3.8, 4) is 0 Å². The molecular formula is C46H55N9O8. The fraction of sp³-hybridized carbons (Fsp3) is 0.522. The Labute approximate surface area is 365 Å². The normalized spacial score (nSPS) is 26.9. The number of imide groups is 1. The van der Waals surface area contributed by atoms with Crippen molar-refractivity contribution in [3.63, 3.8) is 0 Å². The third kappa shape index (κ3) is 9.39. The van der Waals surface area contributed by atoms with E-state index in [1.54, 1.807) is 36.4 Å². The summed E-state index contributed by atoms with van der Waals surface area (Å²) in [6, 6.07) is 14.3. The third-order valence-corrected chi connectivity index (χ3v) is 13.3. The highest BCUT2D eigenvalue weighted by molar-refractivity contribution is 6.02. The monoisotopic (exact) mass is 861 g/mol. The minimum atomic E-state index is -1.00. The molecule has 0 aliphatic heterocycles. The smallest absolute Gasteiger partial charge is 0.358 e. The summed E-state index contributed by atoms with van der Waals surface area (Å²) in [7, 11) is 7.78. The molecule has 2 heterocycles. The number of amides is 4. The van der Waals surface area contributed by atoms with Crippen LogP contribution in [0.15, 0.2) is 60.9 Å². The van der Waals surface area contributed by atoms with Crippen LogP contribution in [0.4, 0.5) is 0 Å². The summed E-state index contributed by atoms with van der Waals surface area (Å²) in [5.41, 5.74) is 2.35. The second kappa shape index (κ2) is 18.8. The van der Waals surface area contributed by atoms with Gasteiger partial charge < -0.3 is 29.9 Å². The number of hydrogen-bond donors (Lipinski definition) is 3. The molecule has 63 heavy (non-hydrogen) atoms. The Morgan fingerprint density at radius 3 is 1.35 bits per heavy atom. The lowest BCUT2D eigenvalue weighted by Gasteiger charge is -2.36. The van der Waals surface area contributed by atoms with Crippen molar-refractivity contribution < 1.29 is 38.2 Å². The second-order valence-corrected chi connectivity index (χ2v) is 18.0. The number of benzene rings is 2. The van der Waals surface area contributed by atoms with Crippen molar-refractivity contribution >= 4 is 57.6 Å². The zero-order valence-electron chi connectivity index (χ0n) is 36.1. The number of carbonyl (C=O) groups excluding carboxylic acids is 6. The third-order valence-electron chi connectivity index (χ3n) is 13.3. The van der Waals surface area contributed by atoms with Crippen LogP contribution in [0.3, 0.4) is 0 Å². The van der Waals surface area contributed by atoms with Crippen LogP contribution in [0, 0.1) is 47.3 Å². The van der Waals surface area contributed by atoms with Crippen LogP contribution in [-0.2, 0) is 28.7 Å². The molecule has 332 valence electrons. The maximum atomic E-state index is 14.6. The largest absolute Gasteiger partial charge is 0.457 e. The summed E-state index contributed by atoms with van der Waals surface area (Å²) < 4.78 is 12.0. The molecule has 0 radical (unpaired) electrons. The minimum absolute atomic E-state index is 0.0214. The van der Waals surface area contributed by atoms with E-state index in [0.717, 1.165) is 13.1 Å². The number of nitrogens with one attached hydrogen (secondary N) is 3. The molecule has 10 atom stereocenters. The zero-order chi connectivity index (χ0) is 44.4. The van der Waals surface area contributed by atoms with Crippen LogP contribution in [-0.4, -0.2) is 132 Å². The molecule has 4 aliphatic rings. The van der Waals surface area contributed by atoms with Crippen molar-refractivity contribution in [2.24, 2.45) is 47.3 Å². The molecule has 8 rings (SSSR count). The first-order valence-electron chi connectivity index (χ1n) is 21.9. The molecule has 17 heteroatoms. The van der Waals surface area contributed by atoms with E-state index >= 15 is 0 Å². The van der Waals surface area contributed by atoms with Crippen LogP contribution < -0.4 is 16.0 Å². The molecule has 4 aromatic rings. The van der Waals surface area contributed by atoms with Crippen LogP contribution in [0.2, 0.25) is 0 Å². The maximum Gasteiger partial charge on any atom is 0.358 e. The zero-order valence-corrected chi connectivity index (χ0v) is 36.1. The fourth-order valence-corrected chi connectivity index (χ4v) is 10.6. The topological polar surface area (TPSA) is 215 Å². The Kier molecular flexibility index (Phi) is 13.0. The maximum absolute atomic E-state index is 14.6. The van der Waals surface area contributed by atoms with Crippen molar-refractivity contribution in [1.82, 2.24) is 45.7 Å². The minimum Gasteiger partial charge on any atom is -0.457 e. The summed E-state index contributed by atoms with van der Waals surface area (Å²) in [4.78, 5) is 106. The number of para-hydroxylation sites is 4. The van der Waals surface area contributed by atoms with Gasteiger partial charge in [-0.05, 0) is 116 Å². The number of fused-ring (bicyclic) bond motifs is 6. The quantitative estimate of drug-likeness (QED) is 0.0840. The summed E-state index contributed by atoms with van der Waals surface area (Å²) in [5, 5.41) is 8.66. The second-order valence-electron chi connectivity index (χ2n) is 18.0. The summed E-state index contributed by atoms with van der Waals surface area (Å²) >= 11 is 0. The fourth-order valence-electron chi connectivity index (χ4n) is 10.6. The number of ether oxygens (including phenoxy) is 2. The van der Waals surface area contributed by atoms with Gasteiger partial charge in [0.2, 0.25) is 23.6 Å². The first kappa shape index (κ1) is 43.7. The van der Waals surface area contributed by atoms with E-state index in [1.807, 2.05) is 50.1 Å². The molecular weight excluding hydrogens is 807 g/mol. The molecule has 17 nitrogen and oxygen atoms in total. The number of esters is 2. The Balaban J connectivity index is 1.01. The lowest BCUT2D eigenvalue weighted by molar-refractivity contribution is -0.147. The average molecular weight is 862 g/mol. The predicted octanol–water partition coefficient (Wildman–Crippen LogP) is 2.65. The van der Waals surface area contributed by atoms with E-state index in [1.165, 1.54) is 12.4 Å². The van der Waals surface area contributed by atoms with Gasteiger partial charge in [-0.15, -0.1) is 0 Å². The van der Waals surface area contributed by atoms with Gasteiger partial charge in [-0.2, -0.15) is 0 Å². The Morgan fingerprint density at radius 2 is 0.952 bits per heavy atom. The van der Waals surface area contributed by atoms with Crippen LogP contribution >= 0.6 is 0 Å². The molecule has 2 aromatic carbocycles. The first-order chi connectivity index (χ1) is 30.4. The van der Waals surface area contributed by atoms with Gasteiger partial charge in [0.1, 0.15) is 12.2 Å². The van der Waals surface area contributed by atoms with Gasteiger partial charge in [-0.25, -0.2) is 19.6 Å². The van der Waals surface area contributed by atoms with Gasteiger partial charge in [-0.1, -0.05) is 24.3 Å². The van der Waals surface area contributed by atoms with E-state index in [-0.39, 0.29) is 35.0 Å². The highest BCUT2D eigenvalue weighted by atomic mass is 16.5. The highest BCUT2D eigenvalue weighted by Gasteiger charge is 2.62. The number of hydrogen-bond acceptors (Lipinski definition) is 14. The summed E-state index contributed by atoms with van der Waals surface area (Å²) in [6.07, 6.45) is 4.27. The standard InChI is InChI=1S/C46H55N9O8/c1-54(2)17-9-15-47-41(56)37-25-19-27(35(21-25)62-45(60)33-23-49-29-11-5-7-13-31(29)51-33)39(37)43(58)53-44(59)40-28-20-26(38(40)42(57)48-16-10-18-55(3)4)22-36(28)63-46(61)34-24-50-30-12-6-8-14-32(30)52-34/h5-8,11-14,23-28,35-40H,9-10,15-22H2,1-4H3,(H,47,56)(H,48,57)(H,53,58,59). The lowest BCUT2D eigenvalue weighted by atomic mass is 9.75. The molecule has 0 saturated heterocycles. The van der Waals surface area contributed by atoms with Crippen molar-refractivity contribution in [1.29, 1.82) is 0 Å². The molecule has 4 aliphatic carbocycles. The van der Waals surface area contributed by atoms with Crippen LogP contribution in [0.1, 0.15) is 59.5 Å². The van der Waals surface area contributed by atoms with E-state index in [4.69, 9.17) is 9.47 Å². The molecule has 10 unspecified atom stereocenters. The van der Waals surface area contributed by atoms with Crippen molar-refractivity contribution in [2.45, 2.75) is 50.7 Å². The Hall–Kier alpha value is -5.94. The first-order valence-corrected chi connectivity index (χ1v) is 21.9. The molecule has 3 N–H and O–H groups in total. The van der Waals surface area contributed by atoms with Crippen molar-refractivity contribution in [3.05, 3.63) is 72.3 Å². The van der Waals surface area contributed by atoms with Gasteiger partial charge in [0.25, 0.3) is 0 Å². The van der Waals surface area contributed by atoms with Crippen LogP contribution in [0.25, 0.3) is 22.1 Å². The molecule has 0 spiro atoms. The SMILES string of the molecule is CN(C)CCCNC(=O)C1C2CC(OC(=O)c3cnc4ccccc4n3)C(C2)C1C(=O)NC(=O)C1C2CC(CC2OC(=O)c2cnc3ccccc3n2)C1C(=O)NCCCN(C)C. The Morgan fingerprint density at radius 1 is 0.556 bits per heavy atom. The predicted molar refractivity (Wildman–Crippen MR) is 229 cm³/mol. The summed E-state index contributed by atoms with van der Waals surface area (Å²) in [5.74, 6) is -8.56. The number of rotatable bonds is 16. The lowest BCUT2D eigenvalue weighted by Crippen LogP contribution is -2.53. The van der Waals surface area contributed by atoms with E-state index in [9.17, 15) is 28.8 Å². The molecule has 4 bridgehead atoms. The summed E-state index contributed by atoms with van der Waals surface area (Å²) in [6.45, 7) is 2.31. The van der Waals surface area contributed by atoms with E-state index in [0.29, 0.717) is 73.7 Å². The van der Waals surface area contributed by atoms with Gasteiger partial charge in [-0.3, -0.25) is 34.5 Å². The van der Waals surface area contributed by atoms with Gasteiger partial charge in [0.15, 0.2) is 11.4 Å². The molecule has 4 amide bonds. The number of nitrogens with zero attached hydrogens (tertiary/aromatic N) is 6. The van der Waals surface area contributed by atoms with Gasteiger partial charge in [0.05, 0.1) is 58.1 Å². The van der Waals surface area contributed by atoms with Crippen LogP contribution in [0.5, 0.6) is 0 Å². The number of aromatic nitrogens is 4. The van der Waals surface area contributed by atoms with Gasteiger partial charge >= 0.3 is 11.9 Å². The van der Waals surface area contributed by atoms with Gasteiger partial charge in [0, 0.05) is 24.9 Å². The van der Waals surface area contributed by atoms with E-state index < -0.39 is 71.5 Å². The Bertz CT molecular complexity index is 2230. The van der Waals surface area contributed by atoms with E-state index in [2.05, 4.69) is 35.9 Å². The highest BCUT2D eigenvalue weighted by Crippen LogP contribution is 2.55. The van der Waals surface area contributed by atoms with Crippen molar-refractivity contribution in [2.75, 3.05) is 54.4 Å².